The standard InChI is InChI=1S/C19H14ClFN6O2/c20-14-4-2-1-3-11(14)10-23-27-19-25-16(18(29)26-19)8-17(28)24-15-6-5-13(21)7-12(15)9-22/h1-7,10,16H,8H2,(H,24,28)(H2,25,26,27,29)/b23-10+. The van der Waals surface area contributed by atoms with E-state index in [1.165, 1.54) is 12.3 Å². The molecule has 0 fully saturated rings. The number of anilines is 1. The van der Waals surface area contributed by atoms with Crippen LogP contribution in [0.5, 0.6) is 0 Å². The number of rotatable bonds is 5. The van der Waals surface area contributed by atoms with Gasteiger partial charge in [0.2, 0.25) is 11.9 Å². The van der Waals surface area contributed by atoms with Crippen LogP contribution in [0, 0.1) is 17.1 Å². The fraction of sp³-hybridized carbons (Fsp3) is 0.105. The van der Waals surface area contributed by atoms with Crippen LogP contribution in [0.2, 0.25) is 5.02 Å². The summed E-state index contributed by atoms with van der Waals surface area (Å²) in [6, 6.07) is 11.3. The minimum Gasteiger partial charge on any atom is -0.325 e. The Balaban J connectivity index is 1.59. The van der Waals surface area contributed by atoms with Gasteiger partial charge in [-0.3, -0.25) is 14.9 Å². The third-order valence-electron chi connectivity index (χ3n) is 3.86. The van der Waals surface area contributed by atoms with Gasteiger partial charge >= 0.3 is 0 Å². The maximum absolute atomic E-state index is 13.2. The Labute approximate surface area is 170 Å². The van der Waals surface area contributed by atoms with Gasteiger partial charge in [-0.1, -0.05) is 29.8 Å². The molecule has 0 saturated heterocycles. The molecule has 1 aliphatic rings. The molecule has 1 atom stereocenters. The predicted molar refractivity (Wildman–Crippen MR) is 106 cm³/mol. The van der Waals surface area contributed by atoms with E-state index >= 15 is 0 Å². The molecule has 0 radical (unpaired) electrons. The molecule has 3 N–H and O–H groups in total. The van der Waals surface area contributed by atoms with Crippen LogP contribution in [-0.2, 0) is 9.59 Å². The topological polar surface area (TPSA) is 119 Å². The van der Waals surface area contributed by atoms with Gasteiger partial charge in [-0.25, -0.2) is 14.8 Å². The van der Waals surface area contributed by atoms with E-state index in [0.29, 0.717) is 10.6 Å². The van der Waals surface area contributed by atoms with Gasteiger partial charge in [-0.15, -0.1) is 0 Å². The van der Waals surface area contributed by atoms with E-state index in [1.54, 1.807) is 30.3 Å². The predicted octanol–water partition coefficient (Wildman–Crippen LogP) is 2.16. The first-order valence-corrected chi connectivity index (χ1v) is 8.76. The lowest BCUT2D eigenvalue weighted by Gasteiger charge is -2.08. The van der Waals surface area contributed by atoms with Crippen molar-refractivity contribution in [2.75, 3.05) is 5.32 Å². The SMILES string of the molecule is N#Cc1cc(F)ccc1NC(=O)CC1N=C(N/N=C/c2ccccc2Cl)NC1=O. The smallest absolute Gasteiger partial charge is 0.252 e. The minimum atomic E-state index is -0.959. The molecule has 1 unspecified atom stereocenters. The van der Waals surface area contributed by atoms with Crippen molar-refractivity contribution in [3.63, 3.8) is 0 Å². The first kappa shape index (κ1) is 20.0. The molecule has 2 amide bonds. The van der Waals surface area contributed by atoms with Crippen LogP contribution in [0.3, 0.4) is 0 Å². The summed E-state index contributed by atoms with van der Waals surface area (Å²) >= 11 is 6.02. The molecule has 146 valence electrons. The van der Waals surface area contributed by atoms with Gasteiger partial charge in [-0.05, 0) is 24.3 Å². The van der Waals surface area contributed by atoms with Gasteiger partial charge in [0, 0.05) is 10.6 Å². The third kappa shape index (κ3) is 5.15. The van der Waals surface area contributed by atoms with Crippen molar-refractivity contribution in [2.24, 2.45) is 10.1 Å². The van der Waals surface area contributed by atoms with Crippen LogP contribution in [0.15, 0.2) is 52.6 Å². The molecule has 10 heteroatoms. The van der Waals surface area contributed by atoms with Crippen molar-refractivity contribution >= 4 is 41.3 Å². The molecule has 0 saturated carbocycles. The Hall–Kier alpha value is -3.77. The molecular weight excluding hydrogens is 399 g/mol. The van der Waals surface area contributed by atoms with E-state index in [2.05, 4.69) is 26.2 Å². The quantitative estimate of drug-likeness (QED) is 0.515. The number of benzene rings is 2. The van der Waals surface area contributed by atoms with Crippen molar-refractivity contribution < 1.29 is 14.0 Å². The summed E-state index contributed by atoms with van der Waals surface area (Å²) in [7, 11) is 0. The zero-order valence-electron chi connectivity index (χ0n) is 14.8. The van der Waals surface area contributed by atoms with Crippen LogP contribution in [0.25, 0.3) is 0 Å². The number of halogens is 2. The van der Waals surface area contributed by atoms with Gasteiger partial charge in [0.1, 0.15) is 17.9 Å². The monoisotopic (exact) mass is 412 g/mol. The van der Waals surface area contributed by atoms with Gasteiger partial charge < -0.3 is 5.32 Å². The Morgan fingerprint density at radius 3 is 2.93 bits per heavy atom. The maximum atomic E-state index is 13.2. The van der Waals surface area contributed by atoms with E-state index in [9.17, 15) is 14.0 Å². The number of hydrogen-bond acceptors (Lipinski definition) is 6. The van der Waals surface area contributed by atoms with Gasteiger partial charge in [0.05, 0.1) is 23.9 Å². The molecule has 0 aromatic heterocycles. The second kappa shape index (κ2) is 8.95. The van der Waals surface area contributed by atoms with Crippen LogP contribution >= 0.6 is 11.6 Å². The van der Waals surface area contributed by atoms with E-state index in [0.717, 1.165) is 12.1 Å². The van der Waals surface area contributed by atoms with Crippen LogP contribution in [0.1, 0.15) is 17.5 Å². The summed E-state index contributed by atoms with van der Waals surface area (Å²) < 4.78 is 13.2. The van der Waals surface area contributed by atoms with Crippen molar-refractivity contribution in [1.29, 1.82) is 5.26 Å². The van der Waals surface area contributed by atoms with Crippen LogP contribution in [-0.4, -0.2) is 30.0 Å². The van der Waals surface area contributed by atoms with Crippen LogP contribution in [0.4, 0.5) is 10.1 Å². The number of carbonyl (C=O) groups excluding carboxylic acids is 2. The number of hydrazone groups is 1. The second-order valence-electron chi connectivity index (χ2n) is 5.93. The summed E-state index contributed by atoms with van der Waals surface area (Å²) in [5, 5.41) is 18.4. The molecule has 0 bridgehead atoms. The molecule has 3 rings (SSSR count). The van der Waals surface area contributed by atoms with Gasteiger partial charge in [-0.2, -0.15) is 10.4 Å². The van der Waals surface area contributed by atoms with E-state index in [4.69, 9.17) is 16.9 Å². The minimum absolute atomic E-state index is 0.0195. The Bertz CT molecular complexity index is 1060. The average Bonchev–Trinajstić information content (AvgIpc) is 3.03. The highest BCUT2D eigenvalue weighted by molar-refractivity contribution is 6.33. The number of guanidine groups is 1. The zero-order valence-corrected chi connectivity index (χ0v) is 15.6. The van der Waals surface area contributed by atoms with E-state index in [1.807, 2.05) is 0 Å². The highest BCUT2D eigenvalue weighted by atomic mass is 35.5. The fourth-order valence-corrected chi connectivity index (χ4v) is 2.66. The molecule has 1 heterocycles. The van der Waals surface area contributed by atoms with Crippen molar-refractivity contribution in [3.05, 3.63) is 64.4 Å². The molecule has 0 spiro atoms. The largest absolute Gasteiger partial charge is 0.325 e. The third-order valence-corrected chi connectivity index (χ3v) is 4.21. The van der Waals surface area contributed by atoms with Gasteiger partial charge in [0.25, 0.3) is 5.91 Å². The molecule has 2 aromatic rings. The normalized spacial score (nSPS) is 15.6. The summed E-state index contributed by atoms with van der Waals surface area (Å²) in [6.45, 7) is 0. The Kier molecular flexibility index (Phi) is 6.16. The van der Waals surface area contributed by atoms with Gasteiger partial charge in [0.15, 0.2) is 0 Å². The maximum Gasteiger partial charge on any atom is 0.252 e. The number of carbonyl (C=O) groups is 2. The molecule has 1 aliphatic heterocycles. The summed E-state index contributed by atoms with van der Waals surface area (Å²) in [5.41, 5.74) is 3.39. The number of amides is 2. The highest BCUT2D eigenvalue weighted by Gasteiger charge is 2.28. The lowest BCUT2D eigenvalue weighted by Crippen LogP contribution is -2.35. The molecule has 0 aliphatic carbocycles. The summed E-state index contributed by atoms with van der Waals surface area (Å²) in [5.74, 6) is -1.52. The number of nitrogens with one attached hydrogen (secondary N) is 3. The van der Waals surface area contributed by atoms with Crippen molar-refractivity contribution in [3.8, 4) is 6.07 Å². The lowest BCUT2D eigenvalue weighted by atomic mass is 10.1. The average molecular weight is 413 g/mol. The van der Waals surface area contributed by atoms with E-state index < -0.39 is 23.7 Å². The summed E-state index contributed by atoms with van der Waals surface area (Å²) in [4.78, 5) is 28.3. The number of hydrogen-bond donors (Lipinski definition) is 3. The van der Waals surface area contributed by atoms with Crippen LogP contribution < -0.4 is 16.1 Å². The zero-order chi connectivity index (χ0) is 20.8. The Morgan fingerprint density at radius 2 is 2.17 bits per heavy atom. The highest BCUT2D eigenvalue weighted by Crippen LogP contribution is 2.17. The number of nitrogens with zero attached hydrogens (tertiary/aromatic N) is 3. The molecule has 29 heavy (non-hydrogen) atoms. The molecule has 8 nitrogen and oxygen atoms in total. The summed E-state index contributed by atoms with van der Waals surface area (Å²) in [6.07, 6.45) is 1.21. The van der Waals surface area contributed by atoms with Crippen molar-refractivity contribution in [1.82, 2.24) is 10.7 Å². The lowest BCUT2D eigenvalue weighted by molar-refractivity contribution is -0.123. The number of aliphatic imine (C=N–C) groups is 1. The molecular formula is C19H14ClFN6O2. The first-order valence-electron chi connectivity index (χ1n) is 8.38. The molecule has 2 aromatic carbocycles. The van der Waals surface area contributed by atoms with Crippen molar-refractivity contribution in [2.45, 2.75) is 12.5 Å². The first-order chi connectivity index (χ1) is 14.0. The number of nitriles is 1. The second-order valence-corrected chi connectivity index (χ2v) is 6.34. The Morgan fingerprint density at radius 1 is 1.38 bits per heavy atom. The van der Waals surface area contributed by atoms with E-state index in [-0.39, 0.29) is 23.6 Å². The fourth-order valence-electron chi connectivity index (χ4n) is 2.48.